The summed E-state index contributed by atoms with van der Waals surface area (Å²) in [7, 11) is 0. The van der Waals surface area contributed by atoms with Crippen molar-refractivity contribution in [1.29, 1.82) is 0 Å². The Labute approximate surface area is 84.4 Å². The minimum Gasteiger partial charge on any atom is -0.396 e. The van der Waals surface area contributed by atoms with Crippen LogP contribution in [-0.2, 0) is 6.42 Å². The van der Waals surface area contributed by atoms with Crippen molar-refractivity contribution in [1.82, 2.24) is 0 Å². The van der Waals surface area contributed by atoms with Crippen LogP contribution in [0.2, 0.25) is 0 Å². The number of aryl methyl sites for hydroxylation is 1. The van der Waals surface area contributed by atoms with Crippen LogP contribution in [0.4, 0.5) is 0 Å². The summed E-state index contributed by atoms with van der Waals surface area (Å²) in [6, 6.07) is 14.8. The van der Waals surface area contributed by atoms with Crippen LogP contribution in [0.5, 0.6) is 0 Å². The van der Waals surface area contributed by atoms with Gasteiger partial charge in [-0.3, -0.25) is 0 Å². The van der Waals surface area contributed by atoms with Crippen LogP contribution < -0.4 is 0 Å². The summed E-state index contributed by atoms with van der Waals surface area (Å²) in [5.41, 5.74) is 3.88. The van der Waals surface area contributed by atoms with Crippen molar-refractivity contribution in [2.24, 2.45) is 0 Å². The molecule has 0 unspecified atom stereocenters. The van der Waals surface area contributed by atoms with Crippen molar-refractivity contribution in [3.05, 3.63) is 48.0 Å². The Morgan fingerprint density at radius 2 is 1.57 bits per heavy atom. The van der Waals surface area contributed by atoms with Crippen molar-refractivity contribution in [2.45, 2.75) is 12.8 Å². The first-order valence-corrected chi connectivity index (χ1v) is 4.99. The van der Waals surface area contributed by atoms with E-state index in [0.29, 0.717) is 0 Å². The van der Waals surface area contributed by atoms with E-state index >= 15 is 0 Å². The highest BCUT2D eigenvalue weighted by Crippen LogP contribution is 2.25. The van der Waals surface area contributed by atoms with Gasteiger partial charge in [-0.25, -0.2) is 0 Å². The average Bonchev–Trinajstić information content (AvgIpc) is 2.46. The molecule has 0 fully saturated rings. The van der Waals surface area contributed by atoms with Crippen molar-refractivity contribution < 1.29 is 5.11 Å². The molecule has 1 N–H and O–H groups in total. The van der Waals surface area contributed by atoms with Gasteiger partial charge in [0.1, 0.15) is 0 Å². The van der Waals surface area contributed by atoms with E-state index in [9.17, 15) is 0 Å². The average molecular weight is 186 g/mol. The number of rotatable bonds is 3. The van der Waals surface area contributed by atoms with Gasteiger partial charge in [-0.2, -0.15) is 0 Å². The van der Waals surface area contributed by atoms with E-state index in [0.717, 1.165) is 12.8 Å². The largest absolute Gasteiger partial charge is 0.396 e. The van der Waals surface area contributed by atoms with Gasteiger partial charge in [0.15, 0.2) is 0 Å². The molecule has 0 aromatic heterocycles. The second kappa shape index (κ2) is 4.25. The Balaban J connectivity index is 2.29. The Morgan fingerprint density at radius 3 is 2.14 bits per heavy atom. The highest BCUT2D eigenvalue weighted by Gasteiger charge is 2.03. The lowest BCUT2D eigenvalue weighted by Gasteiger charge is -1.91. The molecule has 2 aliphatic rings. The third kappa shape index (κ3) is 1.94. The molecular formula is C13H14O. The zero-order valence-corrected chi connectivity index (χ0v) is 8.11. The maximum Gasteiger partial charge on any atom is 0.0434 e. The summed E-state index contributed by atoms with van der Waals surface area (Å²) in [6.45, 7) is 0.273. The lowest BCUT2D eigenvalue weighted by Crippen LogP contribution is -1.85. The standard InChI is InChI=1S/C13H14O/c14-8-4-5-11-9-12-6-2-1-3-7-13(12)10-11/h1-3,6-7,9-10,14H,4-5,8H2. The fourth-order valence-electron chi connectivity index (χ4n) is 1.71. The molecule has 1 nitrogen and oxygen atoms in total. The van der Waals surface area contributed by atoms with Gasteiger partial charge in [-0.15, -0.1) is 0 Å². The van der Waals surface area contributed by atoms with E-state index in [1.807, 2.05) is 6.07 Å². The summed E-state index contributed by atoms with van der Waals surface area (Å²) in [4.78, 5) is 0. The second-order valence-electron chi connectivity index (χ2n) is 3.51. The minimum absolute atomic E-state index is 0.273. The zero-order valence-electron chi connectivity index (χ0n) is 8.11. The predicted molar refractivity (Wildman–Crippen MR) is 58.5 cm³/mol. The smallest absolute Gasteiger partial charge is 0.0434 e. The van der Waals surface area contributed by atoms with Crippen LogP contribution in [0.15, 0.2) is 42.5 Å². The van der Waals surface area contributed by atoms with Gasteiger partial charge in [0.2, 0.25) is 0 Å². The maximum absolute atomic E-state index is 8.74. The summed E-state index contributed by atoms with van der Waals surface area (Å²) < 4.78 is 0. The molecule has 0 heterocycles. The lowest BCUT2D eigenvalue weighted by molar-refractivity contribution is 0.288. The Kier molecular flexibility index (Phi) is 2.80. The molecule has 0 amide bonds. The third-order valence-corrected chi connectivity index (χ3v) is 2.41. The van der Waals surface area contributed by atoms with Gasteiger partial charge in [0.05, 0.1) is 0 Å². The molecule has 0 aromatic carbocycles. The second-order valence-corrected chi connectivity index (χ2v) is 3.51. The molecule has 0 bridgehead atoms. The quantitative estimate of drug-likeness (QED) is 0.781. The van der Waals surface area contributed by atoms with E-state index in [4.69, 9.17) is 5.11 Å². The maximum atomic E-state index is 8.74. The first kappa shape index (κ1) is 9.22. The minimum atomic E-state index is 0.273. The zero-order chi connectivity index (χ0) is 9.80. The SMILES string of the molecule is OCCCc1cc2cccccc-2c1. The summed E-state index contributed by atoms with van der Waals surface area (Å²) in [5, 5.41) is 8.74. The molecule has 14 heavy (non-hydrogen) atoms. The first-order chi connectivity index (χ1) is 6.90. The molecular weight excluding hydrogens is 172 g/mol. The van der Waals surface area contributed by atoms with E-state index in [-0.39, 0.29) is 6.61 Å². The fourth-order valence-corrected chi connectivity index (χ4v) is 1.71. The molecule has 0 atom stereocenters. The number of aliphatic hydroxyl groups excluding tert-OH is 1. The molecule has 0 saturated carbocycles. The third-order valence-electron chi connectivity index (χ3n) is 2.41. The van der Waals surface area contributed by atoms with Crippen LogP contribution in [0, 0.1) is 0 Å². The predicted octanol–water partition coefficient (Wildman–Crippen LogP) is 2.72. The first-order valence-electron chi connectivity index (χ1n) is 4.99. The number of fused-ring (bicyclic) bond motifs is 1. The molecule has 1 heteroatoms. The van der Waals surface area contributed by atoms with Crippen LogP contribution in [0.25, 0.3) is 11.1 Å². The summed E-state index contributed by atoms with van der Waals surface area (Å²) in [6.07, 6.45) is 1.82. The van der Waals surface area contributed by atoms with E-state index < -0.39 is 0 Å². The van der Waals surface area contributed by atoms with Crippen molar-refractivity contribution in [3.8, 4) is 11.1 Å². The van der Waals surface area contributed by atoms with Crippen LogP contribution in [-0.4, -0.2) is 11.7 Å². The van der Waals surface area contributed by atoms with Gasteiger partial charge in [-0.1, -0.05) is 42.5 Å². The normalized spacial score (nSPS) is 10.6. The van der Waals surface area contributed by atoms with Gasteiger partial charge < -0.3 is 5.11 Å². The highest BCUT2D eigenvalue weighted by atomic mass is 16.2. The molecule has 0 saturated heterocycles. The molecule has 2 aliphatic carbocycles. The Bertz CT molecular complexity index is 350. The summed E-state index contributed by atoms with van der Waals surface area (Å²) in [5.74, 6) is 0. The number of hydrogen-bond acceptors (Lipinski definition) is 1. The van der Waals surface area contributed by atoms with Crippen LogP contribution in [0.1, 0.15) is 12.0 Å². The van der Waals surface area contributed by atoms with Crippen LogP contribution >= 0.6 is 0 Å². The molecule has 0 aliphatic heterocycles. The highest BCUT2D eigenvalue weighted by molar-refractivity contribution is 5.67. The van der Waals surface area contributed by atoms with Gasteiger partial charge in [0.25, 0.3) is 0 Å². The molecule has 0 spiro atoms. The van der Waals surface area contributed by atoms with Crippen molar-refractivity contribution in [2.75, 3.05) is 6.61 Å². The molecule has 2 rings (SSSR count). The van der Waals surface area contributed by atoms with Crippen molar-refractivity contribution >= 4 is 0 Å². The van der Waals surface area contributed by atoms with Crippen molar-refractivity contribution in [3.63, 3.8) is 0 Å². The van der Waals surface area contributed by atoms with E-state index in [1.165, 1.54) is 16.7 Å². The Hall–Kier alpha value is -1.34. The Morgan fingerprint density at radius 1 is 0.929 bits per heavy atom. The lowest BCUT2D eigenvalue weighted by atomic mass is 10.2. The fraction of sp³-hybridized carbons (Fsp3) is 0.231. The summed E-state index contributed by atoms with van der Waals surface area (Å²) >= 11 is 0. The van der Waals surface area contributed by atoms with E-state index in [1.54, 1.807) is 0 Å². The molecule has 0 aromatic rings. The van der Waals surface area contributed by atoms with Gasteiger partial charge in [-0.05, 0) is 29.5 Å². The number of hydrogen-bond donors (Lipinski definition) is 1. The van der Waals surface area contributed by atoms with E-state index in [2.05, 4.69) is 36.4 Å². The number of aliphatic hydroxyl groups is 1. The van der Waals surface area contributed by atoms with Gasteiger partial charge in [0, 0.05) is 6.61 Å². The van der Waals surface area contributed by atoms with Crippen LogP contribution in [0.3, 0.4) is 0 Å². The van der Waals surface area contributed by atoms with Gasteiger partial charge >= 0.3 is 0 Å². The topological polar surface area (TPSA) is 20.2 Å². The molecule has 0 radical (unpaired) electrons. The molecule has 72 valence electrons. The monoisotopic (exact) mass is 186 g/mol.